The lowest BCUT2D eigenvalue weighted by molar-refractivity contribution is -0.146. The molecule has 4 saturated carbocycles. The van der Waals surface area contributed by atoms with Crippen LogP contribution < -0.4 is 5.73 Å². The van der Waals surface area contributed by atoms with Crippen LogP contribution in [0.15, 0.2) is 17.4 Å². The third-order valence-corrected chi connectivity index (χ3v) is 13.3. The van der Waals surface area contributed by atoms with E-state index in [4.69, 9.17) is 5.73 Å². The predicted octanol–water partition coefficient (Wildman–Crippen LogP) is 8.00. The second-order valence-electron chi connectivity index (χ2n) is 14.7. The summed E-state index contributed by atoms with van der Waals surface area (Å²) in [6, 6.07) is 1.72. The van der Waals surface area contributed by atoms with Crippen LogP contribution in [0.3, 0.4) is 0 Å². The first-order valence-electron chi connectivity index (χ1n) is 15.5. The minimum absolute atomic E-state index is 0.399. The monoisotopic (exact) mass is 527 g/mol. The van der Waals surface area contributed by atoms with Crippen molar-refractivity contribution in [3.8, 4) is 0 Å². The number of nitrogens with two attached hydrogens (primary N) is 1. The highest BCUT2D eigenvalue weighted by atomic mass is 32.2. The van der Waals surface area contributed by atoms with E-state index in [1.54, 1.807) is 24.0 Å². The van der Waals surface area contributed by atoms with Crippen LogP contribution in [0.5, 0.6) is 0 Å². The molecule has 208 valence electrons. The summed E-state index contributed by atoms with van der Waals surface area (Å²) in [5, 5.41) is 12.3. The molecule has 4 aliphatic carbocycles. The van der Waals surface area contributed by atoms with Crippen molar-refractivity contribution in [1.82, 2.24) is 9.97 Å². The highest BCUT2D eigenvalue weighted by Gasteiger charge is 2.61. The first-order valence-corrected chi connectivity index (χ1v) is 16.5. The zero-order valence-corrected chi connectivity index (χ0v) is 25.0. The number of nitrogen functional groups attached to an aromatic ring is 1. The number of thioether (sulfide) groups is 1. The van der Waals surface area contributed by atoms with E-state index in [0.29, 0.717) is 33.5 Å². The molecule has 1 heterocycles. The van der Waals surface area contributed by atoms with Crippen LogP contribution in [0.4, 0.5) is 5.82 Å². The Hall–Kier alpha value is -0.810. The molecule has 1 aromatic heterocycles. The normalized spacial score (nSPS) is 42.2. The van der Waals surface area contributed by atoms with E-state index in [9.17, 15) is 5.11 Å². The van der Waals surface area contributed by atoms with Gasteiger partial charge in [-0.2, -0.15) is 0 Å². The van der Waals surface area contributed by atoms with Gasteiger partial charge in [-0.15, -0.1) is 0 Å². The van der Waals surface area contributed by atoms with Crippen LogP contribution in [-0.4, -0.2) is 26.4 Å². The van der Waals surface area contributed by atoms with Gasteiger partial charge in [0.15, 0.2) is 5.16 Å². The first-order chi connectivity index (χ1) is 17.5. The van der Waals surface area contributed by atoms with Gasteiger partial charge in [0.25, 0.3) is 0 Å². The number of hydrogen-bond donors (Lipinski definition) is 2. The van der Waals surface area contributed by atoms with E-state index in [-0.39, 0.29) is 0 Å². The zero-order chi connectivity index (χ0) is 26.4. The van der Waals surface area contributed by atoms with Crippen molar-refractivity contribution in [2.24, 2.45) is 52.3 Å². The summed E-state index contributed by atoms with van der Waals surface area (Å²) in [4.78, 5) is 8.68. The Morgan fingerprint density at radius 3 is 2.54 bits per heavy atom. The summed E-state index contributed by atoms with van der Waals surface area (Å²) in [7, 11) is 0. The molecule has 9 atom stereocenters. The van der Waals surface area contributed by atoms with Crippen LogP contribution in [-0.2, 0) is 0 Å². The molecule has 1 aromatic rings. The molecule has 0 aromatic carbocycles. The maximum absolute atomic E-state index is 11.6. The molecule has 37 heavy (non-hydrogen) atoms. The fourth-order valence-electron chi connectivity index (χ4n) is 10.1. The van der Waals surface area contributed by atoms with Crippen LogP contribution in [0.25, 0.3) is 0 Å². The third kappa shape index (κ3) is 5.34. The molecule has 4 nitrogen and oxygen atoms in total. The SMILES string of the molecule is CC(C)CCC[C@@H](C)[C@H]1CCC2C3CC[C@H]4C[C@@](O)(CSc5nccc(N)n5)CC[C@]4(C)C3CC[C@@]21C. The Balaban J connectivity index is 1.23. The summed E-state index contributed by atoms with van der Waals surface area (Å²) in [6.45, 7) is 12.6. The molecule has 3 N–H and O–H groups in total. The van der Waals surface area contributed by atoms with E-state index in [0.717, 1.165) is 48.3 Å². The third-order valence-electron chi connectivity index (χ3n) is 12.1. The molecular weight excluding hydrogens is 474 g/mol. The molecular formula is C32H53N3OS. The van der Waals surface area contributed by atoms with Crippen LogP contribution >= 0.6 is 11.8 Å². The number of aliphatic hydroxyl groups is 1. The Bertz CT molecular complexity index is 940. The number of rotatable bonds is 8. The molecule has 4 aliphatic rings. The summed E-state index contributed by atoms with van der Waals surface area (Å²) in [6.07, 6.45) is 17.5. The van der Waals surface area contributed by atoms with Gasteiger partial charge in [0, 0.05) is 11.9 Å². The van der Waals surface area contributed by atoms with E-state index in [1.165, 1.54) is 64.2 Å². The van der Waals surface area contributed by atoms with Gasteiger partial charge in [-0.25, -0.2) is 9.97 Å². The van der Waals surface area contributed by atoms with Crippen molar-refractivity contribution >= 4 is 17.6 Å². The number of nitrogens with zero attached hydrogens (tertiary/aromatic N) is 2. The second kappa shape index (κ2) is 10.6. The lowest BCUT2D eigenvalue weighted by Crippen LogP contribution is -2.56. The summed E-state index contributed by atoms with van der Waals surface area (Å²) in [5.41, 5.74) is 6.19. The van der Waals surface area contributed by atoms with Gasteiger partial charge < -0.3 is 10.8 Å². The van der Waals surface area contributed by atoms with Crippen LogP contribution in [0.2, 0.25) is 0 Å². The Morgan fingerprint density at radius 2 is 1.78 bits per heavy atom. The van der Waals surface area contributed by atoms with E-state index in [1.807, 2.05) is 0 Å². The quantitative estimate of drug-likeness (QED) is 0.265. The number of aromatic nitrogens is 2. The average Bonchev–Trinajstić information content (AvgIpc) is 3.21. The number of fused-ring (bicyclic) bond motifs is 5. The van der Waals surface area contributed by atoms with Crippen molar-refractivity contribution in [3.05, 3.63) is 12.3 Å². The maximum Gasteiger partial charge on any atom is 0.189 e. The lowest BCUT2D eigenvalue weighted by Gasteiger charge is -2.62. The largest absolute Gasteiger partial charge is 0.389 e. The zero-order valence-electron chi connectivity index (χ0n) is 24.2. The smallest absolute Gasteiger partial charge is 0.189 e. The van der Waals surface area contributed by atoms with Gasteiger partial charge in [0.2, 0.25) is 0 Å². The highest BCUT2D eigenvalue weighted by Crippen LogP contribution is 2.69. The van der Waals surface area contributed by atoms with Gasteiger partial charge in [-0.3, -0.25) is 0 Å². The Labute approximate surface area is 230 Å². The minimum atomic E-state index is -0.608. The van der Waals surface area contributed by atoms with Crippen molar-refractivity contribution in [3.63, 3.8) is 0 Å². The standard InChI is InChI=1S/C32H53N3OS/c1-21(2)7-6-8-22(3)25-11-12-26-24-10-9-23-19-32(36,20-37-29-34-18-14-28(33)35-29)17-16-30(23,4)27(24)13-15-31(25,26)5/h14,18,21-27,36H,6-13,15-17,19-20H2,1-5H3,(H2,33,34,35)/t22-,23+,24?,25-,26?,27?,30+,31-,32-/m1/s1. The van der Waals surface area contributed by atoms with E-state index >= 15 is 0 Å². The number of anilines is 1. The van der Waals surface area contributed by atoms with E-state index in [2.05, 4.69) is 44.6 Å². The minimum Gasteiger partial charge on any atom is -0.389 e. The van der Waals surface area contributed by atoms with Gasteiger partial charge in [-0.1, -0.05) is 65.6 Å². The highest BCUT2D eigenvalue weighted by molar-refractivity contribution is 7.99. The lowest BCUT2D eigenvalue weighted by atomic mass is 9.43. The predicted molar refractivity (Wildman–Crippen MR) is 155 cm³/mol. The molecule has 0 saturated heterocycles. The molecule has 0 bridgehead atoms. The van der Waals surface area contributed by atoms with Gasteiger partial charge in [-0.05, 0) is 116 Å². The van der Waals surface area contributed by atoms with Crippen LogP contribution in [0, 0.1) is 52.3 Å². The fourth-order valence-corrected chi connectivity index (χ4v) is 11.1. The van der Waals surface area contributed by atoms with Crippen molar-refractivity contribution in [2.45, 2.75) is 122 Å². The molecule has 3 unspecified atom stereocenters. The molecule has 0 radical (unpaired) electrons. The van der Waals surface area contributed by atoms with Crippen molar-refractivity contribution in [2.75, 3.05) is 11.5 Å². The Kier molecular flexibility index (Phi) is 7.98. The number of hydrogen-bond acceptors (Lipinski definition) is 5. The first kappa shape index (κ1) is 27.7. The summed E-state index contributed by atoms with van der Waals surface area (Å²) < 4.78 is 0. The molecule has 5 heteroatoms. The van der Waals surface area contributed by atoms with Crippen molar-refractivity contribution < 1.29 is 5.11 Å². The summed E-state index contributed by atoms with van der Waals surface area (Å²) in [5.74, 6) is 7.16. The van der Waals surface area contributed by atoms with E-state index < -0.39 is 5.60 Å². The van der Waals surface area contributed by atoms with Gasteiger partial charge in [0.05, 0.1) is 5.60 Å². The molecule has 0 spiro atoms. The van der Waals surface area contributed by atoms with Gasteiger partial charge in [0.1, 0.15) is 5.82 Å². The van der Waals surface area contributed by atoms with Crippen molar-refractivity contribution in [1.29, 1.82) is 0 Å². The van der Waals surface area contributed by atoms with Gasteiger partial charge >= 0.3 is 0 Å². The molecule has 5 rings (SSSR count). The topological polar surface area (TPSA) is 72.0 Å². The fraction of sp³-hybridized carbons (Fsp3) is 0.875. The maximum atomic E-state index is 11.6. The average molecular weight is 528 g/mol. The Morgan fingerprint density at radius 1 is 1.00 bits per heavy atom. The van der Waals surface area contributed by atoms with Crippen LogP contribution in [0.1, 0.15) is 112 Å². The summed E-state index contributed by atoms with van der Waals surface area (Å²) >= 11 is 1.57. The molecule has 4 fully saturated rings. The molecule has 0 amide bonds. The second-order valence-corrected chi connectivity index (χ2v) is 15.6. The molecule has 0 aliphatic heterocycles.